The monoisotopic (exact) mass is 372 g/mol. The van der Waals surface area contributed by atoms with Crippen molar-refractivity contribution in [1.82, 2.24) is 10.0 Å². The van der Waals surface area contributed by atoms with E-state index in [2.05, 4.69) is 17.0 Å². The summed E-state index contributed by atoms with van der Waals surface area (Å²) in [6.45, 7) is 3.83. The van der Waals surface area contributed by atoms with Gasteiger partial charge in [0.15, 0.2) is 0 Å². The minimum Gasteiger partial charge on any atom is -0.316 e. The lowest BCUT2D eigenvalue weighted by molar-refractivity contribution is 0.328. The highest BCUT2D eigenvalue weighted by molar-refractivity contribution is 7.89. The zero-order chi connectivity index (χ0) is 16.3. The minimum absolute atomic E-state index is 0. The summed E-state index contributed by atoms with van der Waals surface area (Å²) in [7, 11) is -3.42. The van der Waals surface area contributed by atoms with Gasteiger partial charge in [-0.05, 0) is 61.9 Å². The zero-order valence-electron chi connectivity index (χ0n) is 14.3. The molecule has 0 aromatic heterocycles. The van der Waals surface area contributed by atoms with Crippen LogP contribution >= 0.6 is 12.4 Å². The first-order chi connectivity index (χ1) is 11.1. The normalized spacial score (nSPS) is 25.9. The summed E-state index contributed by atoms with van der Waals surface area (Å²) < 4.78 is 28.1. The molecular weight excluding hydrogens is 344 g/mol. The number of nitrogens with one attached hydrogen (secondary N) is 2. The molecule has 2 fully saturated rings. The summed E-state index contributed by atoms with van der Waals surface area (Å²) >= 11 is 0. The Morgan fingerprint density at radius 1 is 1.04 bits per heavy atom. The lowest BCUT2D eigenvalue weighted by Crippen LogP contribution is -2.48. The summed E-state index contributed by atoms with van der Waals surface area (Å²) in [5.41, 5.74) is 1.29. The third-order valence-corrected chi connectivity index (χ3v) is 6.86. The van der Waals surface area contributed by atoms with Crippen molar-refractivity contribution in [3.63, 3.8) is 0 Å². The highest BCUT2D eigenvalue weighted by Crippen LogP contribution is 2.32. The van der Waals surface area contributed by atoms with Gasteiger partial charge in [-0.25, -0.2) is 13.1 Å². The van der Waals surface area contributed by atoms with Crippen molar-refractivity contribution in [1.29, 1.82) is 0 Å². The third kappa shape index (κ3) is 4.72. The van der Waals surface area contributed by atoms with E-state index in [1.54, 1.807) is 12.1 Å². The van der Waals surface area contributed by atoms with Gasteiger partial charge in [-0.3, -0.25) is 0 Å². The quantitative estimate of drug-likeness (QED) is 0.851. The highest BCUT2D eigenvalue weighted by Gasteiger charge is 2.26. The van der Waals surface area contributed by atoms with Crippen LogP contribution in [0.25, 0.3) is 0 Å². The maximum Gasteiger partial charge on any atom is 0.240 e. The highest BCUT2D eigenvalue weighted by atomic mass is 35.5. The lowest BCUT2D eigenvalue weighted by Gasteiger charge is -2.30. The van der Waals surface area contributed by atoms with Crippen LogP contribution in [-0.4, -0.2) is 27.5 Å². The van der Waals surface area contributed by atoms with E-state index in [1.165, 1.54) is 37.7 Å². The molecule has 3 rings (SSSR count). The topological polar surface area (TPSA) is 58.2 Å². The maximum atomic E-state index is 12.6. The third-order valence-electron chi connectivity index (χ3n) is 5.36. The number of hydrogen-bond acceptors (Lipinski definition) is 3. The Morgan fingerprint density at radius 2 is 1.71 bits per heavy atom. The Labute approximate surface area is 152 Å². The fourth-order valence-electron chi connectivity index (χ4n) is 3.81. The predicted molar refractivity (Wildman–Crippen MR) is 100 cm³/mol. The summed E-state index contributed by atoms with van der Waals surface area (Å²) in [6, 6.07) is 7.60. The molecule has 2 atom stereocenters. The van der Waals surface area contributed by atoms with E-state index in [9.17, 15) is 8.42 Å². The van der Waals surface area contributed by atoms with Gasteiger partial charge in [0.05, 0.1) is 4.90 Å². The van der Waals surface area contributed by atoms with E-state index < -0.39 is 10.0 Å². The molecule has 2 aliphatic rings. The van der Waals surface area contributed by atoms with Crippen LogP contribution in [0.5, 0.6) is 0 Å². The first-order valence-corrected chi connectivity index (χ1v) is 10.4. The fourth-order valence-corrected chi connectivity index (χ4v) is 5.19. The second-order valence-corrected chi connectivity index (χ2v) is 8.82. The SMILES string of the molecule is CC1CNCCC1NS(=O)(=O)c1ccc(C2CCCCC2)cc1.Cl. The van der Waals surface area contributed by atoms with E-state index in [-0.39, 0.29) is 18.4 Å². The summed E-state index contributed by atoms with van der Waals surface area (Å²) in [6.07, 6.45) is 7.23. The van der Waals surface area contributed by atoms with Crippen LogP contribution in [0, 0.1) is 5.92 Å². The molecule has 0 bridgehead atoms. The second kappa shape index (κ2) is 8.65. The number of hydrogen-bond donors (Lipinski definition) is 2. The van der Waals surface area contributed by atoms with E-state index in [4.69, 9.17) is 0 Å². The second-order valence-electron chi connectivity index (χ2n) is 7.10. The van der Waals surface area contributed by atoms with Crippen molar-refractivity contribution in [2.75, 3.05) is 13.1 Å². The van der Waals surface area contributed by atoms with Crippen molar-refractivity contribution < 1.29 is 8.42 Å². The Balaban J connectivity index is 0.00000208. The van der Waals surface area contributed by atoms with Gasteiger partial charge in [-0.2, -0.15) is 0 Å². The van der Waals surface area contributed by atoms with E-state index in [1.807, 2.05) is 12.1 Å². The molecular formula is C18H29ClN2O2S. The average Bonchev–Trinajstić information content (AvgIpc) is 2.58. The smallest absolute Gasteiger partial charge is 0.240 e. The maximum absolute atomic E-state index is 12.6. The molecule has 2 N–H and O–H groups in total. The van der Waals surface area contributed by atoms with Crippen molar-refractivity contribution >= 4 is 22.4 Å². The molecule has 1 aromatic rings. The Morgan fingerprint density at radius 3 is 2.33 bits per heavy atom. The van der Waals surface area contributed by atoms with Gasteiger partial charge in [0.2, 0.25) is 10.0 Å². The molecule has 24 heavy (non-hydrogen) atoms. The standard InChI is InChI=1S/C18H28N2O2S.ClH/c1-14-13-19-12-11-18(14)20-23(21,22)17-9-7-16(8-10-17)15-5-3-2-4-6-15;/h7-10,14-15,18-20H,2-6,11-13H2,1H3;1H. The molecule has 1 heterocycles. The van der Waals surface area contributed by atoms with Gasteiger partial charge in [0, 0.05) is 6.04 Å². The number of benzene rings is 1. The van der Waals surface area contributed by atoms with Crippen molar-refractivity contribution in [3.05, 3.63) is 29.8 Å². The van der Waals surface area contributed by atoms with E-state index in [0.29, 0.717) is 16.7 Å². The van der Waals surface area contributed by atoms with Crippen LogP contribution in [0.15, 0.2) is 29.2 Å². The van der Waals surface area contributed by atoms with E-state index in [0.717, 1.165) is 19.5 Å². The predicted octanol–water partition coefficient (Wildman–Crippen LogP) is 3.43. The summed E-state index contributed by atoms with van der Waals surface area (Å²) in [4.78, 5) is 0.391. The molecule has 1 aliphatic carbocycles. The molecule has 1 saturated heterocycles. The molecule has 0 amide bonds. The summed E-state index contributed by atoms with van der Waals surface area (Å²) in [5, 5.41) is 3.30. The van der Waals surface area contributed by atoms with Crippen molar-refractivity contribution in [3.8, 4) is 0 Å². The first kappa shape index (κ1) is 19.7. The first-order valence-electron chi connectivity index (χ1n) is 8.89. The van der Waals surface area contributed by atoms with Crippen LogP contribution < -0.4 is 10.0 Å². The molecule has 4 nitrogen and oxygen atoms in total. The van der Waals surface area contributed by atoms with Gasteiger partial charge in [-0.1, -0.05) is 38.3 Å². The molecule has 0 radical (unpaired) electrons. The molecule has 6 heteroatoms. The Kier molecular flexibility index (Phi) is 7.10. The molecule has 1 saturated carbocycles. The molecule has 2 unspecified atom stereocenters. The largest absolute Gasteiger partial charge is 0.316 e. The lowest BCUT2D eigenvalue weighted by atomic mass is 9.84. The average molecular weight is 373 g/mol. The van der Waals surface area contributed by atoms with Gasteiger partial charge in [0.25, 0.3) is 0 Å². The van der Waals surface area contributed by atoms with Crippen molar-refractivity contribution in [2.24, 2.45) is 5.92 Å². The minimum atomic E-state index is -3.42. The van der Waals surface area contributed by atoms with Crippen molar-refractivity contribution in [2.45, 2.75) is 62.3 Å². The number of halogens is 1. The van der Waals surface area contributed by atoms with E-state index >= 15 is 0 Å². The number of rotatable bonds is 4. The van der Waals surface area contributed by atoms with Crippen LogP contribution in [0.4, 0.5) is 0 Å². The number of sulfonamides is 1. The van der Waals surface area contributed by atoms with Crippen LogP contribution in [0.3, 0.4) is 0 Å². The molecule has 136 valence electrons. The Bertz CT molecular complexity index is 612. The fraction of sp³-hybridized carbons (Fsp3) is 0.667. The summed E-state index contributed by atoms with van der Waals surface area (Å²) in [5.74, 6) is 0.929. The van der Waals surface area contributed by atoms with Crippen LogP contribution in [0.2, 0.25) is 0 Å². The number of piperidine rings is 1. The van der Waals surface area contributed by atoms with Gasteiger partial charge in [0.1, 0.15) is 0 Å². The zero-order valence-corrected chi connectivity index (χ0v) is 16.0. The Hall–Kier alpha value is -0.620. The molecule has 1 aliphatic heterocycles. The molecule has 1 aromatic carbocycles. The van der Waals surface area contributed by atoms with Gasteiger partial charge < -0.3 is 5.32 Å². The van der Waals surface area contributed by atoms with Crippen LogP contribution in [0.1, 0.15) is 56.9 Å². The van der Waals surface area contributed by atoms with Crippen LogP contribution in [-0.2, 0) is 10.0 Å². The van der Waals surface area contributed by atoms with Gasteiger partial charge in [-0.15, -0.1) is 12.4 Å². The molecule has 0 spiro atoms. The van der Waals surface area contributed by atoms with Gasteiger partial charge >= 0.3 is 0 Å².